The zero-order valence-corrected chi connectivity index (χ0v) is 7.19. The molecule has 1 aromatic carbocycles. The summed E-state index contributed by atoms with van der Waals surface area (Å²) in [6.07, 6.45) is 0. The third-order valence-electron chi connectivity index (χ3n) is 1.74. The fraction of sp³-hybridized carbons (Fsp3) is 0.111. The highest BCUT2D eigenvalue weighted by molar-refractivity contribution is 6.32. The van der Waals surface area contributed by atoms with E-state index in [4.69, 9.17) is 0 Å². The molecule has 0 saturated carbocycles. The Bertz CT molecular complexity index is 334. The summed E-state index contributed by atoms with van der Waals surface area (Å²) in [6.45, 7) is 5.44. The number of allylic oxidation sites excluding steroid dienone is 1. The summed E-state index contributed by atoms with van der Waals surface area (Å²) >= 11 is 0. The van der Waals surface area contributed by atoms with E-state index in [2.05, 4.69) is 6.58 Å². The van der Waals surface area contributed by atoms with Crippen LogP contribution < -0.4 is 5.46 Å². The summed E-state index contributed by atoms with van der Waals surface area (Å²) in [5.41, 5.74) is 1.86. The number of hydrogen-bond acceptors (Lipinski definition) is 1. The second-order valence-electron chi connectivity index (χ2n) is 2.90. The summed E-state index contributed by atoms with van der Waals surface area (Å²) in [5.74, 6) is -0.442. The number of benzene rings is 1. The van der Waals surface area contributed by atoms with Crippen molar-refractivity contribution in [3.63, 3.8) is 0 Å². The topological polar surface area (TPSA) is 20.2 Å². The predicted molar refractivity (Wildman–Crippen MR) is 51.0 cm³/mol. The Morgan fingerprint density at radius 3 is 2.67 bits per heavy atom. The molecule has 0 spiro atoms. The molecule has 0 fully saturated rings. The van der Waals surface area contributed by atoms with Gasteiger partial charge in [0.2, 0.25) is 0 Å². The lowest BCUT2D eigenvalue weighted by Gasteiger charge is -2.05. The molecule has 0 bridgehead atoms. The molecule has 0 saturated heterocycles. The first-order valence-electron chi connectivity index (χ1n) is 3.67. The summed E-state index contributed by atoms with van der Waals surface area (Å²) in [4.78, 5) is 0. The lowest BCUT2D eigenvalue weighted by Crippen LogP contribution is -2.08. The van der Waals surface area contributed by atoms with Crippen LogP contribution in [-0.2, 0) is 0 Å². The molecular formula is C9H10BFO. The Balaban J connectivity index is 3.33. The van der Waals surface area contributed by atoms with Crippen molar-refractivity contribution in [1.29, 1.82) is 0 Å². The lowest BCUT2D eigenvalue weighted by atomic mass is 9.91. The minimum absolute atomic E-state index is 0.0504. The first-order chi connectivity index (χ1) is 5.52. The van der Waals surface area contributed by atoms with Crippen LogP contribution in [0.4, 0.5) is 4.39 Å². The maximum atomic E-state index is 12.8. The van der Waals surface area contributed by atoms with Crippen LogP contribution in [0.5, 0.6) is 5.75 Å². The van der Waals surface area contributed by atoms with Crippen molar-refractivity contribution in [2.75, 3.05) is 0 Å². The van der Waals surface area contributed by atoms with Crippen LogP contribution in [-0.4, -0.2) is 13.0 Å². The SMILES string of the molecule is Bc1cc(C(=C)C)c(O)cc1F. The fourth-order valence-electron chi connectivity index (χ4n) is 1.01. The number of phenols is 1. The molecule has 0 aliphatic heterocycles. The summed E-state index contributed by atoms with van der Waals surface area (Å²) < 4.78 is 12.8. The van der Waals surface area contributed by atoms with E-state index in [0.717, 1.165) is 11.6 Å². The van der Waals surface area contributed by atoms with Gasteiger partial charge in [-0.15, -0.1) is 0 Å². The van der Waals surface area contributed by atoms with E-state index in [-0.39, 0.29) is 5.75 Å². The van der Waals surface area contributed by atoms with Crippen molar-refractivity contribution >= 4 is 18.9 Å². The second-order valence-corrected chi connectivity index (χ2v) is 2.90. The average Bonchev–Trinajstić information content (AvgIpc) is 1.96. The quantitative estimate of drug-likeness (QED) is 0.609. The van der Waals surface area contributed by atoms with Crippen molar-refractivity contribution in [3.05, 3.63) is 30.1 Å². The van der Waals surface area contributed by atoms with Crippen LogP contribution in [0.2, 0.25) is 0 Å². The highest BCUT2D eigenvalue weighted by Gasteiger charge is 2.05. The molecule has 0 aliphatic rings. The predicted octanol–water partition coefficient (Wildman–Crippen LogP) is 0.823. The molecule has 0 heterocycles. The summed E-state index contributed by atoms with van der Waals surface area (Å²) in [5, 5.41) is 9.29. The standard InChI is InChI=1S/C9H10BFO/c1-5(2)6-3-7(10)8(11)4-9(6)12/h3-4,12H,1,10H2,2H3. The van der Waals surface area contributed by atoms with Gasteiger partial charge in [-0.1, -0.05) is 18.1 Å². The van der Waals surface area contributed by atoms with Crippen molar-refractivity contribution in [3.8, 4) is 5.75 Å². The Kier molecular flexibility index (Phi) is 2.22. The largest absolute Gasteiger partial charge is 0.507 e. The number of rotatable bonds is 1. The molecule has 0 aliphatic carbocycles. The van der Waals surface area contributed by atoms with Crippen LogP contribution in [0.3, 0.4) is 0 Å². The van der Waals surface area contributed by atoms with Crippen LogP contribution in [0, 0.1) is 5.82 Å². The van der Waals surface area contributed by atoms with Crippen LogP contribution in [0.1, 0.15) is 12.5 Å². The molecule has 62 valence electrons. The molecule has 0 amide bonds. The maximum Gasteiger partial charge on any atom is 0.143 e. The first kappa shape index (κ1) is 8.85. The molecule has 1 rings (SSSR count). The zero-order valence-electron chi connectivity index (χ0n) is 7.19. The molecule has 12 heavy (non-hydrogen) atoms. The smallest absolute Gasteiger partial charge is 0.143 e. The molecule has 0 aromatic heterocycles. The van der Waals surface area contributed by atoms with E-state index in [0.29, 0.717) is 11.0 Å². The Labute approximate surface area is 71.9 Å². The van der Waals surface area contributed by atoms with Gasteiger partial charge in [0.15, 0.2) is 0 Å². The number of halogens is 1. The molecule has 1 aromatic rings. The molecule has 3 heteroatoms. The monoisotopic (exact) mass is 164 g/mol. The van der Waals surface area contributed by atoms with E-state index in [1.807, 2.05) is 0 Å². The molecule has 0 radical (unpaired) electrons. The third kappa shape index (κ3) is 1.50. The van der Waals surface area contributed by atoms with E-state index in [9.17, 15) is 9.50 Å². The fourth-order valence-corrected chi connectivity index (χ4v) is 1.01. The maximum absolute atomic E-state index is 12.8. The molecule has 1 N–H and O–H groups in total. The third-order valence-corrected chi connectivity index (χ3v) is 1.74. The normalized spacial score (nSPS) is 9.83. The van der Waals surface area contributed by atoms with Gasteiger partial charge in [0.05, 0.1) is 0 Å². The summed E-state index contributed by atoms with van der Waals surface area (Å²) in [6, 6.07) is 2.70. The van der Waals surface area contributed by atoms with E-state index >= 15 is 0 Å². The van der Waals surface area contributed by atoms with Gasteiger partial charge in [-0.25, -0.2) is 4.39 Å². The van der Waals surface area contributed by atoms with Crippen molar-refractivity contribution in [2.24, 2.45) is 0 Å². The molecular weight excluding hydrogens is 154 g/mol. The highest BCUT2D eigenvalue weighted by Crippen LogP contribution is 2.22. The van der Waals surface area contributed by atoms with Crippen LogP contribution >= 0.6 is 0 Å². The van der Waals surface area contributed by atoms with Gasteiger partial charge < -0.3 is 5.11 Å². The Morgan fingerprint density at radius 1 is 1.58 bits per heavy atom. The van der Waals surface area contributed by atoms with Crippen molar-refractivity contribution in [1.82, 2.24) is 0 Å². The summed E-state index contributed by atoms with van der Waals surface area (Å²) in [7, 11) is 1.65. The van der Waals surface area contributed by atoms with Crippen molar-refractivity contribution in [2.45, 2.75) is 6.92 Å². The van der Waals surface area contributed by atoms with Gasteiger partial charge in [0, 0.05) is 11.6 Å². The molecule has 1 nitrogen and oxygen atoms in total. The highest BCUT2D eigenvalue weighted by atomic mass is 19.1. The van der Waals surface area contributed by atoms with E-state index in [1.165, 1.54) is 0 Å². The van der Waals surface area contributed by atoms with Gasteiger partial charge in [-0.2, -0.15) is 0 Å². The lowest BCUT2D eigenvalue weighted by molar-refractivity contribution is 0.468. The van der Waals surface area contributed by atoms with Gasteiger partial charge in [-0.3, -0.25) is 0 Å². The van der Waals surface area contributed by atoms with Crippen LogP contribution in [0.15, 0.2) is 18.7 Å². The van der Waals surface area contributed by atoms with E-state index in [1.54, 1.807) is 20.8 Å². The van der Waals surface area contributed by atoms with Gasteiger partial charge in [0.1, 0.15) is 19.4 Å². The molecule has 0 atom stereocenters. The van der Waals surface area contributed by atoms with Crippen LogP contribution in [0.25, 0.3) is 5.57 Å². The molecule has 0 unspecified atom stereocenters. The first-order valence-corrected chi connectivity index (χ1v) is 3.67. The van der Waals surface area contributed by atoms with Crippen molar-refractivity contribution < 1.29 is 9.50 Å². The Hall–Kier alpha value is -1.25. The minimum atomic E-state index is -0.391. The second kappa shape index (κ2) is 3.01. The number of phenolic OH excluding ortho intramolecular Hbond substituents is 1. The van der Waals surface area contributed by atoms with Gasteiger partial charge in [0.25, 0.3) is 0 Å². The number of aromatic hydroxyl groups is 1. The average molecular weight is 164 g/mol. The number of hydrogen-bond donors (Lipinski definition) is 1. The van der Waals surface area contributed by atoms with Gasteiger partial charge in [-0.05, 0) is 12.5 Å². The zero-order chi connectivity index (χ0) is 9.30. The minimum Gasteiger partial charge on any atom is -0.507 e. The van der Waals surface area contributed by atoms with E-state index < -0.39 is 5.82 Å². The Morgan fingerprint density at radius 2 is 2.17 bits per heavy atom. The van der Waals surface area contributed by atoms with Gasteiger partial charge >= 0.3 is 0 Å².